The Labute approximate surface area is 131 Å². The van der Waals surface area contributed by atoms with Gasteiger partial charge >= 0.3 is 0 Å². The van der Waals surface area contributed by atoms with Gasteiger partial charge in [0.25, 0.3) is 5.56 Å². The molecule has 1 aliphatic heterocycles. The van der Waals surface area contributed by atoms with E-state index in [9.17, 15) is 4.79 Å². The Balaban J connectivity index is 1.81. The molecule has 0 bridgehead atoms. The summed E-state index contributed by atoms with van der Waals surface area (Å²) in [6, 6.07) is 5.40. The summed E-state index contributed by atoms with van der Waals surface area (Å²) in [5, 5.41) is 0.973. The molecule has 0 atom stereocenters. The molecule has 22 heavy (non-hydrogen) atoms. The summed E-state index contributed by atoms with van der Waals surface area (Å²) in [5.74, 6) is 2.77. The number of fused-ring (bicyclic) bond motifs is 1. The molecular weight excluding hydrogens is 298 g/mol. The number of H-pyrrole nitrogens is 2. The van der Waals surface area contributed by atoms with E-state index in [1.54, 1.807) is 6.20 Å². The highest BCUT2D eigenvalue weighted by atomic mass is 32.2. The van der Waals surface area contributed by atoms with Gasteiger partial charge in [0.05, 0.1) is 5.69 Å². The first-order valence-corrected chi connectivity index (χ1v) is 8.33. The summed E-state index contributed by atoms with van der Waals surface area (Å²) in [5.41, 5.74) is 2.25. The average Bonchev–Trinajstić information content (AvgIpc) is 2.99. The number of aromatic amines is 2. The van der Waals surface area contributed by atoms with E-state index in [0.29, 0.717) is 11.6 Å². The van der Waals surface area contributed by atoms with E-state index in [4.69, 9.17) is 0 Å². The lowest BCUT2D eigenvalue weighted by Gasteiger charge is -2.26. The fourth-order valence-electron chi connectivity index (χ4n) is 2.68. The smallest absolute Gasteiger partial charge is 0.252 e. The lowest BCUT2D eigenvalue weighted by atomic mass is 10.1. The summed E-state index contributed by atoms with van der Waals surface area (Å²) in [7, 11) is 0. The Morgan fingerprint density at radius 2 is 2.14 bits per heavy atom. The van der Waals surface area contributed by atoms with Gasteiger partial charge in [-0.05, 0) is 12.1 Å². The first-order chi connectivity index (χ1) is 10.8. The summed E-state index contributed by atoms with van der Waals surface area (Å²) < 4.78 is 0. The van der Waals surface area contributed by atoms with Crippen molar-refractivity contribution in [2.75, 3.05) is 29.5 Å². The molecular formula is C15H15N5OS. The quantitative estimate of drug-likeness (QED) is 0.755. The average molecular weight is 313 g/mol. The van der Waals surface area contributed by atoms with Crippen LogP contribution in [-0.2, 0) is 0 Å². The SMILES string of the molecule is O=c1cc(-c2c[nH]c3ncccc23)nc(N2CCSCC2)[nH]1. The zero-order valence-electron chi connectivity index (χ0n) is 11.9. The van der Waals surface area contributed by atoms with Gasteiger partial charge in [0.2, 0.25) is 5.95 Å². The molecule has 3 aromatic rings. The van der Waals surface area contributed by atoms with Crippen molar-refractivity contribution in [1.29, 1.82) is 0 Å². The zero-order valence-corrected chi connectivity index (χ0v) is 12.7. The molecule has 2 N–H and O–H groups in total. The van der Waals surface area contributed by atoms with Crippen molar-refractivity contribution in [3.63, 3.8) is 0 Å². The number of hydrogen-bond donors (Lipinski definition) is 2. The predicted molar refractivity (Wildman–Crippen MR) is 89.5 cm³/mol. The van der Waals surface area contributed by atoms with Crippen molar-refractivity contribution in [1.82, 2.24) is 19.9 Å². The number of rotatable bonds is 2. The van der Waals surface area contributed by atoms with Crippen LogP contribution in [0.1, 0.15) is 0 Å². The monoisotopic (exact) mass is 313 g/mol. The van der Waals surface area contributed by atoms with Gasteiger partial charge < -0.3 is 9.88 Å². The van der Waals surface area contributed by atoms with E-state index in [1.165, 1.54) is 6.07 Å². The number of pyridine rings is 1. The molecule has 0 amide bonds. The van der Waals surface area contributed by atoms with Gasteiger partial charge in [0.1, 0.15) is 5.65 Å². The van der Waals surface area contributed by atoms with Gasteiger partial charge in [-0.1, -0.05) is 0 Å². The molecule has 6 nitrogen and oxygen atoms in total. The highest BCUT2D eigenvalue weighted by Gasteiger charge is 2.16. The topological polar surface area (TPSA) is 77.7 Å². The minimum Gasteiger partial charge on any atom is -0.345 e. The maximum Gasteiger partial charge on any atom is 0.252 e. The molecule has 7 heteroatoms. The summed E-state index contributed by atoms with van der Waals surface area (Å²) >= 11 is 1.93. The van der Waals surface area contributed by atoms with Crippen LogP contribution in [-0.4, -0.2) is 44.5 Å². The maximum absolute atomic E-state index is 12.0. The van der Waals surface area contributed by atoms with Crippen LogP contribution in [0, 0.1) is 0 Å². The zero-order chi connectivity index (χ0) is 14.9. The van der Waals surface area contributed by atoms with Gasteiger partial charge in [-0.15, -0.1) is 0 Å². The van der Waals surface area contributed by atoms with Crippen LogP contribution in [0.15, 0.2) is 35.4 Å². The normalized spacial score (nSPS) is 15.4. The third kappa shape index (κ3) is 2.37. The molecule has 0 aliphatic carbocycles. The first kappa shape index (κ1) is 13.4. The van der Waals surface area contributed by atoms with E-state index in [0.717, 1.165) is 41.2 Å². The summed E-state index contributed by atoms with van der Waals surface area (Å²) in [4.78, 5) is 29.1. The predicted octanol–water partition coefficient (Wildman–Crippen LogP) is 1.87. The molecule has 0 aromatic carbocycles. The molecule has 1 aliphatic rings. The van der Waals surface area contributed by atoms with Crippen molar-refractivity contribution in [2.24, 2.45) is 0 Å². The van der Waals surface area contributed by atoms with Crippen LogP contribution in [0.5, 0.6) is 0 Å². The molecule has 4 heterocycles. The van der Waals surface area contributed by atoms with Crippen molar-refractivity contribution in [2.45, 2.75) is 0 Å². The third-order valence-corrected chi connectivity index (χ3v) is 4.71. The third-order valence-electron chi connectivity index (χ3n) is 3.77. The molecule has 112 valence electrons. The highest BCUT2D eigenvalue weighted by molar-refractivity contribution is 7.99. The van der Waals surface area contributed by atoms with Crippen LogP contribution < -0.4 is 10.5 Å². The van der Waals surface area contributed by atoms with Crippen LogP contribution in [0.4, 0.5) is 5.95 Å². The van der Waals surface area contributed by atoms with Gasteiger partial charge in [0.15, 0.2) is 0 Å². The molecule has 0 saturated carbocycles. The van der Waals surface area contributed by atoms with Crippen LogP contribution in [0.25, 0.3) is 22.3 Å². The largest absolute Gasteiger partial charge is 0.345 e. The van der Waals surface area contributed by atoms with Crippen molar-refractivity contribution < 1.29 is 0 Å². The second-order valence-corrected chi connectivity index (χ2v) is 6.38. The lowest BCUT2D eigenvalue weighted by molar-refractivity contribution is 0.812. The first-order valence-electron chi connectivity index (χ1n) is 7.18. The van der Waals surface area contributed by atoms with Crippen LogP contribution in [0.3, 0.4) is 0 Å². The Bertz CT molecular complexity index is 865. The van der Waals surface area contributed by atoms with E-state index in [2.05, 4.69) is 24.8 Å². The number of nitrogens with one attached hydrogen (secondary N) is 2. The second-order valence-electron chi connectivity index (χ2n) is 5.16. The number of nitrogens with zero attached hydrogens (tertiary/aromatic N) is 3. The minimum atomic E-state index is -0.128. The standard InChI is InChI=1S/C15H15N5OS/c21-13-8-12(11-9-17-14-10(11)2-1-3-16-14)18-15(19-13)20-4-6-22-7-5-20/h1-3,8-9H,4-7H2,(H,16,17)(H,18,19,21). The molecule has 1 saturated heterocycles. The maximum atomic E-state index is 12.0. The Morgan fingerprint density at radius 1 is 1.27 bits per heavy atom. The fourth-order valence-corrected chi connectivity index (χ4v) is 3.58. The van der Waals surface area contributed by atoms with Crippen molar-refractivity contribution in [3.8, 4) is 11.3 Å². The van der Waals surface area contributed by atoms with E-state index >= 15 is 0 Å². The fraction of sp³-hybridized carbons (Fsp3) is 0.267. The van der Waals surface area contributed by atoms with Crippen LogP contribution >= 0.6 is 11.8 Å². The Hall–Kier alpha value is -2.28. The molecule has 1 fully saturated rings. The summed E-state index contributed by atoms with van der Waals surface area (Å²) in [6.45, 7) is 1.82. The molecule has 3 aromatic heterocycles. The van der Waals surface area contributed by atoms with E-state index in [-0.39, 0.29) is 5.56 Å². The Kier molecular flexibility index (Phi) is 3.34. The van der Waals surface area contributed by atoms with Gasteiger partial charge in [-0.3, -0.25) is 9.78 Å². The Morgan fingerprint density at radius 3 is 3.00 bits per heavy atom. The highest BCUT2D eigenvalue weighted by Crippen LogP contribution is 2.26. The lowest BCUT2D eigenvalue weighted by Crippen LogP contribution is -2.35. The molecule has 0 spiro atoms. The molecule has 0 unspecified atom stereocenters. The number of aromatic nitrogens is 4. The number of hydrogen-bond acceptors (Lipinski definition) is 5. The van der Waals surface area contributed by atoms with Crippen molar-refractivity contribution >= 4 is 28.7 Å². The van der Waals surface area contributed by atoms with E-state index < -0.39 is 0 Å². The van der Waals surface area contributed by atoms with Crippen molar-refractivity contribution in [3.05, 3.63) is 40.9 Å². The molecule has 4 rings (SSSR count). The van der Waals surface area contributed by atoms with Gasteiger partial charge in [-0.2, -0.15) is 11.8 Å². The van der Waals surface area contributed by atoms with Gasteiger partial charge in [-0.25, -0.2) is 9.97 Å². The van der Waals surface area contributed by atoms with Crippen LogP contribution in [0.2, 0.25) is 0 Å². The molecule has 0 radical (unpaired) electrons. The minimum absolute atomic E-state index is 0.128. The second kappa shape index (κ2) is 5.49. The number of anilines is 1. The number of thioether (sulfide) groups is 1. The van der Waals surface area contributed by atoms with Gasteiger partial charge in [0, 0.05) is 54.0 Å². The summed E-state index contributed by atoms with van der Waals surface area (Å²) in [6.07, 6.45) is 3.60. The van der Waals surface area contributed by atoms with E-state index in [1.807, 2.05) is 30.1 Å².